The Bertz CT molecular complexity index is 1210. The molecule has 4 rings (SSSR count). The largest absolute Gasteiger partial charge is 0.490 e. The van der Waals surface area contributed by atoms with Gasteiger partial charge < -0.3 is 14.3 Å². The number of rotatable bonds is 7. The summed E-state index contributed by atoms with van der Waals surface area (Å²) in [4.78, 5) is 17.2. The molecule has 0 spiro atoms. The van der Waals surface area contributed by atoms with Gasteiger partial charge in [0.15, 0.2) is 11.5 Å². The Balaban J connectivity index is 1.66. The van der Waals surface area contributed by atoms with Crippen molar-refractivity contribution in [1.82, 2.24) is 0 Å². The van der Waals surface area contributed by atoms with Crippen molar-refractivity contribution in [2.75, 3.05) is 6.61 Å². The summed E-state index contributed by atoms with van der Waals surface area (Å²) in [5, 5.41) is 3.94. The second-order valence-corrected chi connectivity index (χ2v) is 8.05. The van der Waals surface area contributed by atoms with Gasteiger partial charge in [-0.15, -0.1) is 0 Å². The Labute approximate surface area is 198 Å². The van der Waals surface area contributed by atoms with Crippen LogP contribution in [0, 0.1) is 9.39 Å². The van der Waals surface area contributed by atoms with E-state index in [-0.39, 0.29) is 12.4 Å². The molecule has 5 nitrogen and oxygen atoms in total. The van der Waals surface area contributed by atoms with Crippen molar-refractivity contribution in [2.24, 2.45) is 5.16 Å². The Hall–Kier alpha value is -3.20. The second kappa shape index (κ2) is 9.95. The molecule has 3 aromatic rings. The molecule has 1 aliphatic heterocycles. The van der Waals surface area contributed by atoms with Crippen LogP contribution in [0.3, 0.4) is 0 Å². The molecule has 0 aromatic heterocycles. The Morgan fingerprint density at radius 2 is 1.81 bits per heavy atom. The monoisotopic (exact) mass is 543 g/mol. The smallest absolute Gasteiger partial charge is 0.368 e. The number of hydrogen-bond donors (Lipinski definition) is 0. The molecule has 32 heavy (non-hydrogen) atoms. The number of benzene rings is 3. The molecule has 7 heteroatoms. The lowest BCUT2D eigenvalue weighted by Gasteiger charge is -2.15. The van der Waals surface area contributed by atoms with Gasteiger partial charge in [0.1, 0.15) is 18.1 Å². The Morgan fingerprint density at radius 3 is 2.56 bits per heavy atom. The molecule has 1 heterocycles. The minimum atomic E-state index is -0.517. The summed E-state index contributed by atoms with van der Waals surface area (Å²) < 4.78 is 26.4. The molecule has 1 aliphatic rings. The van der Waals surface area contributed by atoms with Crippen molar-refractivity contribution in [3.63, 3.8) is 0 Å². The van der Waals surface area contributed by atoms with E-state index in [9.17, 15) is 9.18 Å². The van der Waals surface area contributed by atoms with Gasteiger partial charge in [-0.1, -0.05) is 53.7 Å². The lowest BCUT2D eigenvalue weighted by atomic mass is 10.0. The van der Waals surface area contributed by atoms with Crippen LogP contribution in [0.2, 0.25) is 0 Å². The molecule has 0 N–H and O–H groups in total. The van der Waals surface area contributed by atoms with E-state index in [1.807, 2.05) is 43.3 Å². The summed E-state index contributed by atoms with van der Waals surface area (Å²) in [6, 6.07) is 19.5. The van der Waals surface area contributed by atoms with Crippen molar-refractivity contribution < 1.29 is 23.5 Å². The Morgan fingerprint density at radius 1 is 1.06 bits per heavy atom. The van der Waals surface area contributed by atoms with Crippen molar-refractivity contribution in [3.05, 3.63) is 98.4 Å². The van der Waals surface area contributed by atoms with E-state index in [2.05, 4.69) is 27.7 Å². The first-order valence-corrected chi connectivity index (χ1v) is 11.0. The van der Waals surface area contributed by atoms with Crippen LogP contribution in [-0.4, -0.2) is 18.3 Å². The van der Waals surface area contributed by atoms with Crippen LogP contribution in [0.5, 0.6) is 11.5 Å². The fraction of sp³-hybridized carbons (Fsp3) is 0.120. The van der Waals surface area contributed by atoms with Crippen molar-refractivity contribution in [3.8, 4) is 11.5 Å². The van der Waals surface area contributed by atoms with Gasteiger partial charge >= 0.3 is 5.97 Å². The minimum Gasteiger partial charge on any atom is -0.490 e. The van der Waals surface area contributed by atoms with Gasteiger partial charge in [0.25, 0.3) is 0 Å². The number of carbonyl (C=O) groups is 1. The van der Waals surface area contributed by atoms with Crippen LogP contribution in [0.1, 0.15) is 23.6 Å². The molecule has 0 atom stereocenters. The molecule has 0 saturated heterocycles. The van der Waals surface area contributed by atoms with Crippen molar-refractivity contribution >= 4 is 40.3 Å². The zero-order valence-corrected chi connectivity index (χ0v) is 19.3. The predicted molar refractivity (Wildman–Crippen MR) is 128 cm³/mol. The average molecular weight is 543 g/mol. The first kappa shape index (κ1) is 22.0. The SMILES string of the molecule is CCOc1cc(/C=C2\C(=O)ON=C2c2ccccc2)cc(I)c1OCc1ccccc1F. The number of ether oxygens (including phenoxy) is 2. The zero-order valence-electron chi connectivity index (χ0n) is 17.2. The lowest BCUT2D eigenvalue weighted by Crippen LogP contribution is -2.07. The van der Waals surface area contributed by atoms with Crippen LogP contribution in [0.4, 0.5) is 4.39 Å². The molecular weight excluding hydrogens is 524 g/mol. The summed E-state index contributed by atoms with van der Waals surface area (Å²) in [7, 11) is 0. The molecular formula is C25H19FINO4. The minimum absolute atomic E-state index is 0.0698. The molecule has 0 bridgehead atoms. The van der Waals surface area contributed by atoms with Gasteiger partial charge in [0.05, 0.1) is 15.8 Å². The summed E-state index contributed by atoms with van der Waals surface area (Å²) in [5.41, 5.74) is 2.80. The maximum Gasteiger partial charge on any atom is 0.368 e. The Kier molecular flexibility index (Phi) is 6.84. The first-order chi connectivity index (χ1) is 15.6. The van der Waals surface area contributed by atoms with Crippen LogP contribution in [-0.2, 0) is 16.2 Å². The number of halogens is 2. The highest BCUT2D eigenvalue weighted by Gasteiger charge is 2.27. The molecule has 3 aromatic carbocycles. The third-order valence-corrected chi connectivity index (χ3v) is 5.52. The molecule has 162 valence electrons. The fourth-order valence-electron chi connectivity index (χ4n) is 3.22. The highest BCUT2D eigenvalue weighted by Crippen LogP contribution is 2.36. The molecule has 0 unspecified atom stereocenters. The quantitative estimate of drug-likeness (QED) is 0.216. The fourth-order valence-corrected chi connectivity index (χ4v) is 4.00. The molecule has 0 saturated carbocycles. The summed E-state index contributed by atoms with van der Waals surface area (Å²) in [6.45, 7) is 2.36. The molecule has 0 fully saturated rings. The summed E-state index contributed by atoms with van der Waals surface area (Å²) in [6.07, 6.45) is 1.71. The van der Waals surface area contributed by atoms with Gasteiger partial charge in [0, 0.05) is 11.1 Å². The molecule has 0 radical (unpaired) electrons. The topological polar surface area (TPSA) is 57.1 Å². The standard InChI is InChI=1S/C25H19FINO4/c1-2-30-22-14-16(12-19-23(28-32-25(19)29)17-8-4-3-5-9-17)13-21(27)24(22)31-15-18-10-6-7-11-20(18)26/h3-14H,2,15H2,1H3/b19-12-. The van der Waals surface area contributed by atoms with Gasteiger partial charge in [-0.25, -0.2) is 9.18 Å². The normalized spacial score (nSPS) is 14.3. The second-order valence-electron chi connectivity index (χ2n) is 6.89. The highest BCUT2D eigenvalue weighted by molar-refractivity contribution is 14.1. The van der Waals surface area contributed by atoms with Gasteiger partial charge in [-0.2, -0.15) is 0 Å². The first-order valence-electron chi connectivity index (χ1n) is 9.96. The van der Waals surface area contributed by atoms with E-state index in [0.29, 0.717) is 35.0 Å². The summed E-state index contributed by atoms with van der Waals surface area (Å²) in [5.74, 6) is 0.182. The lowest BCUT2D eigenvalue weighted by molar-refractivity contribution is -0.136. The molecule has 0 amide bonds. The predicted octanol–water partition coefficient (Wildman–Crippen LogP) is 5.75. The van der Waals surface area contributed by atoms with Crippen LogP contribution in [0.15, 0.2) is 77.5 Å². The van der Waals surface area contributed by atoms with E-state index in [1.165, 1.54) is 6.07 Å². The number of carbonyl (C=O) groups excluding carboxylic acids is 1. The van der Waals surface area contributed by atoms with Crippen LogP contribution < -0.4 is 9.47 Å². The van der Waals surface area contributed by atoms with Gasteiger partial charge in [0.2, 0.25) is 0 Å². The van der Waals surface area contributed by atoms with Gasteiger partial charge in [-0.05, 0) is 59.4 Å². The summed E-state index contributed by atoms with van der Waals surface area (Å²) >= 11 is 2.14. The third kappa shape index (κ3) is 4.83. The van der Waals surface area contributed by atoms with Crippen LogP contribution in [0.25, 0.3) is 6.08 Å². The van der Waals surface area contributed by atoms with E-state index in [0.717, 1.165) is 14.7 Å². The van der Waals surface area contributed by atoms with E-state index >= 15 is 0 Å². The molecule has 0 aliphatic carbocycles. The maximum atomic E-state index is 14.0. The number of oxime groups is 1. The van der Waals surface area contributed by atoms with Crippen molar-refractivity contribution in [1.29, 1.82) is 0 Å². The number of hydrogen-bond acceptors (Lipinski definition) is 5. The maximum absolute atomic E-state index is 14.0. The average Bonchev–Trinajstić information content (AvgIpc) is 3.15. The highest BCUT2D eigenvalue weighted by atomic mass is 127. The van der Waals surface area contributed by atoms with E-state index in [4.69, 9.17) is 14.3 Å². The zero-order chi connectivity index (χ0) is 22.5. The van der Waals surface area contributed by atoms with E-state index < -0.39 is 5.97 Å². The van der Waals surface area contributed by atoms with E-state index in [1.54, 1.807) is 30.3 Å². The van der Waals surface area contributed by atoms with Crippen LogP contribution >= 0.6 is 22.6 Å². The number of nitrogens with zero attached hydrogens (tertiary/aromatic N) is 1. The third-order valence-electron chi connectivity index (χ3n) is 4.71. The van der Waals surface area contributed by atoms with Gasteiger partial charge in [-0.3, -0.25) is 0 Å². The van der Waals surface area contributed by atoms with Crippen molar-refractivity contribution in [2.45, 2.75) is 13.5 Å².